The van der Waals surface area contributed by atoms with Crippen molar-refractivity contribution in [1.29, 1.82) is 5.41 Å². The molecule has 0 spiro atoms. The lowest BCUT2D eigenvalue weighted by atomic mass is 10.3. The molecule has 8 heteroatoms. The van der Waals surface area contributed by atoms with E-state index in [0.29, 0.717) is 11.4 Å². The fraction of sp³-hybridized carbons (Fsp3) is 0.500. The van der Waals surface area contributed by atoms with Gasteiger partial charge >= 0.3 is 0 Å². The third-order valence-electron chi connectivity index (χ3n) is 2.13. The number of hydrogen-bond acceptors (Lipinski definition) is 4. The van der Waals surface area contributed by atoms with E-state index in [1.54, 1.807) is 13.8 Å². The van der Waals surface area contributed by atoms with Crippen LogP contribution in [0.3, 0.4) is 0 Å². The highest BCUT2D eigenvalue weighted by atomic mass is 32.2. The van der Waals surface area contributed by atoms with Crippen molar-refractivity contribution in [2.45, 2.75) is 31.7 Å². The van der Waals surface area contributed by atoms with Gasteiger partial charge in [0, 0.05) is 0 Å². The molecule has 90 valence electrons. The van der Waals surface area contributed by atoms with E-state index in [1.807, 2.05) is 0 Å². The molecule has 1 rings (SSSR count). The van der Waals surface area contributed by atoms with Gasteiger partial charge in [0.1, 0.15) is 10.7 Å². The lowest BCUT2D eigenvalue weighted by Crippen LogP contribution is -2.42. The average Bonchev–Trinajstić information content (AvgIpc) is 2.45. The van der Waals surface area contributed by atoms with Crippen LogP contribution in [0.2, 0.25) is 0 Å². The van der Waals surface area contributed by atoms with Crippen molar-refractivity contribution in [2.24, 2.45) is 5.73 Å². The van der Waals surface area contributed by atoms with Crippen molar-refractivity contribution in [2.75, 3.05) is 0 Å². The number of nitrogens with zero attached hydrogens (tertiary/aromatic N) is 1. The van der Waals surface area contributed by atoms with Crippen LogP contribution in [0.5, 0.6) is 0 Å². The zero-order valence-electron chi connectivity index (χ0n) is 9.33. The van der Waals surface area contributed by atoms with Crippen molar-refractivity contribution in [1.82, 2.24) is 14.9 Å². The van der Waals surface area contributed by atoms with Crippen molar-refractivity contribution in [3.8, 4) is 0 Å². The van der Waals surface area contributed by atoms with E-state index in [-0.39, 0.29) is 10.7 Å². The molecule has 16 heavy (non-hydrogen) atoms. The van der Waals surface area contributed by atoms with E-state index < -0.39 is 16.1 Å². The summed E-state index contributed by atoms with van der Waals surface area (Å²) in [5, 5.41) is 13.5. The van der Waals surface area contributed by atoms with E-state index in [1.165, 1.54) is 6.92 Å². The number of aromatic nitrogens is 2. The summed E-state index contributed by atoms with van der Waals surface area (Å²) in [5.41, 5.74) is 6.05. The molecule has 0 amide bonds. The number of rotatable bonds is 4. The molecule has 1 atom stereocenters. The van der Waals surface area contributed by atoms with E-state index in [9.17, 15) is 8.42 Å². The fourth-order valence-corrected chi connectivity index (χ4v) is 2.89. The molecule has 0 aliphatic rings. The van der Waals surface area contributed by atoms with Crippen molar-refractivity contribution in [3.05, 3.63) is 11.4 Å². The van der Waals surface area contributed by atoms with Gasteiger partial charge in [-0.1, -0.05) is 0 Å². The predicted molar refractivity (Wildman–Crippen MR) is 59.8 cm³/mol. The molecular weight excluding hydrogens is 230 g/mol. The van der Waals surface area contributed by atoms with Gasteiger partial charge in [-0.15, -0.1) is 0 Å². The van der Waals surface area contributed by atoms with Crippen LogP contribution in [0.15, 0.2) is 4.90 Å². The highest BCUT2D eigenvalue weighted by Gasteiger charge is 2.24. The Balaban J connectivity index is 3.09. The molecule has 1 aromatic rings. The van der Waals surface area contributed by atoms with Crippen LogP contribution in [0.4, 0.5) is 0 Å². The molecule has 0 aromatic carbocycles. The minimum absolute atomic E-state index is 0.112. The van der Waals surface area contributed by atoms with Crippen LogP contribution < -0.4 is 10.5 Å². The Morgan fingerprint density at radius 2 is 2.12 bits per heavy atom. The molecule has 0 saturated heterocycles. The molecule has 0 bridgehead atoms. The summed E-state index contributed by atoms with van der Waals surface area (Å²) >= 11 is 0. The third kappa shape index (κ3) is 2.39. The Labute approximate surface area is 94.0 Å². The van der Waals surface area contributed by atoms with E-state index in [4.69, 9.17) is 11.1 Å². The van der Waals surface area contributed by atoms with Gasteiger partial charge in [-0.2, -0.15) is 5.10 Å². The molecule has 1 aromatic heterocycles. The number of aryl methyl sites for hydroxylation is 2. The molecule has 7 nitrogen and oxygen atoms in total. The molecule has 0 fully saturated rings. The van der Waals surface area contributed by atoms with Crippen LogP contribution in [0.25, 0.3) is 0 Å². The van der Waals surface area contributed by atoms with E-state index >= 15 is 0 Å². The lowest BCUT2D eigenvalue weighted by Gasteiger charge is -2.12. The van der Waals surface area contributed by atoms with E-state index in [0.717, 1.165) is 0 Å². The number of H-pyrrole nitrogens is 1. The maximum Gasteiger partial charge on any atom is 0.244 e. The van der Waals surface area contributed by atoms with Crippen LogP contribution in [-0.2, 0) is 10.0 Å². The summed E-state index contributed by atoms with van der Waals surface area (Å²) < 4.78 is 26.2. The molecule has 0 aliphatic heterocycles. The van der Waals surface area contributed by atoms with E-state index in [2.05, 4.69) is 14.9 Å². The van der Waals surface area contributed by atoms with Crippen LogP contribution >= 0.6 is 0 Å². The minimum atomic E-state index is -3.69. The van der Waals surface area contributed by atoms with Gasteiger partial charge < -0.3 is 5.73 Å². The van der Waals surface area contributed by atoms with Gasteiger partial charge in [-0.3, -0.25) is 10.5 Å². The number of hydrogen-bond donors (Lipinski definition) is 4. The Kier molecular flexibility index (Phi) is 3.34. The number of nitrogens with one attached hydrogen (secondary N) is 3. The number of sulfonamides is 1. The number of amidine groups is 1. The second kappa shape index (κ2) is 4.22. The van der Waals surface area contributed by atoms with Gasteiger partial charge in [-0.25, -0.2) is 13.1 Å². The Morgan fingerprint density at radius 3 is 2.50 bits per heavy atom. The molecular formula is C8H15N5O2S. The summed E-state index contributed by atoms with van der Waals surface area (Å²) in [6.07, 6.45) is 0. The topological polar surface area (TPSA) is 125 Å². The molecule has 1 heterocycles. The lowest BCUT2D eigenvalue weighted by molar-refractivity contribution is 0.577. The summed E-state index contributed by atoms with van der Waals surface area (Å²) in [6.45, 7) is 4.72. The van der Waals surface area contributed by atoms with Gasteiger partial charge in [0.2, 0.25) is 10.0 Å². The molecule has 0 saturated carbocycles. The maximum absolute atomic E-state index is 11.9. The van der Waals surface area contributed by atoms with Crippen LogP contribution in [-0.4, -0.2) is 30.5 Å². The third-order valence-corrected chi connectivity index (χ3v) is 3.93. The first-order valence-corrected chi connectivity index (χ1v) is 6.12. The first-order chi connectivity index (χ1) is 7.25. The van der Waals surface area contributed by atoms with Gasteiger partial charge in [-0.05, 0) is 20.8 Å². The van der Waals surface area contributed by atoms with Crippen molar-refractivity contribution in [3.63, 3.8) is 0 Å². The predicted octanol–water partition coefficient (Wildman–Crippen LogP) is -0.371. The summed E-state index contributed by atoms with van der Waals surface area (Å²) in [7, 11) is -3.69. The number of aromatic amines is 1. The molecule has 0 radical (unpaired) electrons. The fourth-order valence-electron chi connectivity index (χ4n) is 1.29. The standard InChI is InChI=1S/C8H15N5O2S/c1-4-7(5(2)12-11-4)16(14,15)13-6(3)8(9)10/h6,13H,1-3H3,(H3,9,10)(H,11,12). The normalized spacial score (nSPS) is 13.7. The second-order valence-corrected chi connectivity index (χ2v) is 5.21. The average molecular weight is 245 g/mol. The van der Waals surface area contributed by atoms with Crippen LogP contribution in [0.1, 0.15) is 18.3 Å². The highest BCUT2D eigenvalue weighted by Crippen LogP contribution is 2.16. The number of nitrogens with two attached hydrogens (primary N) is 1. The SMILES string of the molecule is Cc1n[nH]c(C)c1S(=O)(=O)NC(C)C(=N)N. The molecule has 1 unspecified atom stereocenters. The maximum atomic E-state index is 11.9. The molecule has 5 N–H and O–H groups in total. The Hall–Kier alpha value is -1.41. The minimum Gasteiger partial charge on any atom is -0.386 e. The quantitative estimate of drug-likeness (QED) is 0.426. The monoisotopic (exact) mass is 245 g/mol. The largest absolute Gasteiger partial charge is 0.386 e. The van der Waals surface area contributed by atoms with Crippen molar-refractivity contribution >= 4 is 15.9 Å². The highest BCUT2D eigenvalue weighted by molar-refractivity contribution is 7.89. The zero-order chi connectivity index (χ0) is 12.5. The van der Waals surface area contributed by atoms with Gasteiger partial charge in [0.25, 0.3) is 0 Å². The first-order valence-electron chi connectivity index (χ1n) is 4.63. The smallest absolute Gasteiger partial charge is 0.244 e. The zero-order valence-corrected chi connectivity index (χ0v) is 10.1. The summed E-state index contributed by atoms with van der Waals surface area (Å²) in [5.74, 6) is -0.234. The van der Waals surface area contributed by atoms with Gasteiger partial charge in [0.15, 0.2) is 0 Å². The van der Waals surface area contributed by atoms with Crippen LogP contribution in [0, 0.1) is 19.3 Å². The first kappa shape index (κ1) is 12.7. The van der Waals surface area contributed by atoms with Gasteiger partial charge in [0.05, 0.1) is 17.4 Å². The summed E-state index contributed by atoms with van der Waals surface area (Å²) in [6, 6.07) is -0.737. The Bertz CT molecular complexity index is 485. The Morgan fingerprint density at radius 1 is 1.56 bits per heavy atom. The molecule has 0 aliphatic carbocycles. The second-order valence-electron chi connectivity index (χ2n) is 3.56. The van der Waals surface area contributed by atoms with Crippen molar-refractivity contribution < 1.29 is 8.42 Å². The summed E-state index contributed by atoms with van der Waals surface area (Å²) in [4.78, 5) is 0.112.